The summed E-state index contributed by atoms with van der Waals surface area (Å²) in [5.74, 6) is 0.154. The molecule has 5 heteroatoms. The highest BCUT2D eigenvalue weighted by Gasteiger charge is 2.24. The minimum absolute atomic E-state index is 0.0968. The minimum atomic E-state index is -0.0968. The van der Waals surface area contributed by atoms with Crippen molar-refractivity contribution >= 4 is 24.1 Å². The number of carbonyl (C=O) groups is 2. The van der Waals surface area contributed by atoms with Gasteiger partial charge in [-0.15, -0.1) is 11.8 Å². The molecule has 0 radical (unpaired) electrons. The van der Waals surface area contributed by atoms with Crippen LogP contribution in [0.5, 0.6) is 0 Å². The van der Waals surface area contributed by atoms with Gasteiger partial charge in [-0.3, -0.25) is 9.59 Å². The summed E-state index contributed by atoms with van der Waals surface area (Å²) in [5.41, 5.74) is 1.22. The second-order valence-corrected chi connectivity index (χ2v) is 6.45. The quantitative estimate of drug-likeness (QED) is 0.627. The van der Waals surface area contributed by atoms with Crippen LogP contribution in [0.3, 0.4) is 0 Å². The zero-order valence-electron chi connectivity index (χ0n) is 11.9. The summed E-state index contributed by atoms with van der Waals surface area (Å²) in [6.07, 6.45) is 0.853. The fourth-order valence-corrected chi connectivity index (χ4v) is 3.13. The molecular weight excluding hydrogens is 272 g/mol. The number of benzene rings is 1. The smallest absolute Gasteiger partial charge is 0.235 e. The van der Waals surface area contributed by atoms with Gasteiger partial charge in [-0.25, -0.2) is 0 Å². The number of rotatable bonds is 4. The van der Waals surface area contributed by atoms with Gasteiger partial charge in [0, 0.05) is 31.1 Å². The molecule has 108 valence electrons. The monoisotopic (exact) mass is 292 g/mol. The van der Waals surface area contributed by atoms with E-state index < -0.39 is 0 Å². The molecule has 0 aliphatic carbocycles. The maximum Gasteiger partial charge on any atom is 0.235 e. The molecule has 1 aromatic carbocycles. The molecule has 4 nitrogen and oxygen atoms in total. The molecule has 1 saturated heterocycles. The zero-order valence-corrected chi connectivity index (χ0v) is 12.7. The molecule has 20 heavy (non-hydrogen) atoms. The van der Waals surface area contributed by atoms with Crippen molar-refractivity contribution in [2.75, 3.05) is 26.2 Å². The van der Waals surface area contributed by atoms with Crippen molar-refractivity contribution in [2.24, 2.45) is 0 Å². The molecule has 1 fully saturated rings. The highest BCUT2D eigenvalue weighted by molar-refractivity contribution is 8.00. The normalized spacial score (nSPS) is 16.9. The summed E-state index contributed by atoms with van der Waals surface area (Å²) in [6, 6.07) is 8.22. The first-order chi connectivity index (χ1) is 9.60. The van der Waals surface area contributed by atoms with Crippen LogP contribution in [0.15, 0.2) is 29.2 Å². The Morgan fingerprint density at radius 2 is 1.80 bits per heavy atom. The van der Waals surface area contributed by atoms with Gasteiger partial charge in [0.1, 0.15) is 0 Å². The van der Waals surface area contributed by atoms with Gasteiger partial charge in [0.25, 0.3) is 0 Å². The van der Waals surface area contributed by atoms with E-state index in [1.165, 1.54) is 5.56 Å². The van der Waals surface area contributed by atoms with Crippen molar-refractivity contribution in [3.05, 3.63) is 29.8 Å². The largest absolute Gasteiger partial charge is 0.342 e. The Bertz CT molecular complexity index is 467. The van der Waals surface area contributed by atoms with E-state index in [0.717, 1.165) is 11.3 Å². The Morgan fingerprint density at radius 3 is 2.35 bits per heavy atom. The molecule has 0 N–H and O–H groups in total. The second kappa shape index (κ2) is 6.79. The predicted molar refractivity (Wildman–Crippen MR) is 80.7 cm³/mol. The van der Waals surface area contributed by atoms with Crippen LogP contribution in [0.4, 0.5) is 0 Å². The van der Waals surface area contributed by atoms with Gasteiger partial charge in [-0.2, -0.15) is 0 Å². The molecule has 0 aromatic heterocycles. The van der Waals surface area contributed by atoms with Gasteiger partial charge in [0.15, 0.2) is 0 Å². The summed E-state index contributed by atoms with van der Waals surface area (Å²) in [7, 11) is 0. The van der Waals surface area contributed by atoms with E-state index in [1.807, 2.05) is 24.0 Å². The van der Waals surface area contributed by atoms with E-state index in [1.54, 1.807) is 16.7 Å². The maximum absolute atomic E-state index is 12.4. The highest BCUT2D eigenvalue weighted by Crippen LogP contribution is 2.25. The lowest BCUT2D eigenvalue weighted by Crippen LogP contribution is -2.50. The Hall–Kier alpha value is -1.49. The van der Waals surface area contributed by atoms with Crippen LogP contribution in [0, 0.1) is 6.92 Å². The van der Waals surface area contributed by atoms with Gasteiger partial charge in [-0.05, 0) is 26.0 Å². The number of hydrogen-bond acceptors (Lipinski definition) is 3. The molecule has 1 aliphatic rings. The number of hydrogen-bond donors (Lipinski definition) is 0. The van der Waals surface area contributed by atoms with E-state index in [9.17, 15) is 9.59 Å². The molecular formula is C15H20N2O2S. The Balaban J connectivity index is 1.89. The average Bonchev–Trinajstić information content (AvgIpc) is 2.49. The fourth-order valence-electron chi connectivity index (χ4n) is 2.18. The first-order valence-corrected chi connectivity index (χ1v) is 7.69. The van der Waals surface area contributed by atoms with Crippen molar-refractivity contribution in [3.8, 4) is 0 Å². The molecule has 1 heterocycles. The van der Waals surface area contributed by atoms with Crippen LogP contribution in [0.2, 0.25) is 0 Å². The lowest BCUT2D eigenvalue weighted by Gasteiger charge is -2.33. The number of nitrogens with zero attached hydrogens (tertiary/aromatic N) is 2. The van der Waals surface area contributed by atoms with Gasteiger partial charge < -0.3 is 9.80 Å². The van der Waals surface area contributed by atoms with Crippen LogP contribution in [-0.2, 0) is 9.59 Å². The van der Waals surface area contributed by atoms with Crippen LogP contribution in [0.1, 0.15) is 12.5 Å². The SMILES string of the molecule is Cc1ccc(S[C@@H](C)C(=O)N2CCN(C=O)CC2)cc1. The van der Waals surface area contributed by atoms with Gasteiger partial charge >= 0.3 is 0 Å². The number of aryl methyl sites for hydroxylation is 1. The first kappa shape index (κ1) is 14.9. The number of amides is 2. The van der Waals surface area contributed by atoms with E-state index in [2.05, 4.69) is 19.1 Å². The number of carbonyl (C=O) groups excluding carboxylic acids is 2. The van der Waals surface area contributed by atoms with Crippen LogP contribution < -0.4 is 0 Å². The zero-order chi connectivity index (χ0) is 14.5. The van der Waals surface area contributed by atoms with E-state index in [0.29, 0.717) is 26.2 Å². The lowest BCUT2D eigenvalue weighted by atomic mass is 10.2. The van der Waals surface area contributed by atoms with Crippen LogP contribution in [0.25, 0.3) is 0 Å². The van der Waals surface area contributed by atoms with Crippen LogP contribution in [-0.4, -0.2) is 53.5 Å². The van der Waals surface area contributed by atoms with E-state index >= 15 is 0 Å². The van der Waals surface area contributed by atoms with Crippen molar-refractivity contribution in [1.82, 2.24) is 9.80 Å². The Morgan fingerprint density at radius 1 is 1.20 bits per heavy atom. The molecule has 0 unspecified atom stereocenters. The van der Waals surface area contributed by atoms with Crippen LogP contribution >= 0.6 is 11.8 Å². The topological polar surface area (TPSA) is 40.6 Å². The van der Waals surface area contributed by atoms with Crippen molar-refractivity contribution in [3.63, 3.8) is 0 Å². The number of thioether (sulfide) groups is 1. The number of piperazine rings is 1. The molecule has 1 atom stereocenters. The highest BCUT2D eigenvalue weighted by atomic mass is 32.2. The molecule has 0 saturated carbocycles. The predicted octanol–water partition coefficient (Wildman–Crippen LogP) is 1.78. The van der Waals surface area contributed by atoms with Gasteiger partial charge in [-0.1, -0.05) is 17.7 Å². The van der Waals surface area contributed by atoms with Crippen molar-refractivity contribution in [1.29, 1.82) is 0 Å². The van der Waals surface area contributed by atoms with E-state index in [4.69, 9.17) is 0 Å². The molecule has 0 spiro atoms. The van der Waals surface area contributed by atoms with Gasteiger partial charge in [0.05, 0.1) is 5.25 Å². The van der Waals surface area contributed by atoms with E-state index in [-0.39, 0.29) is 11.2 Å². The third-order valence-electron chi connectivity index (χ3n) is 3.46. The average molecular weight is 292 g/mol. The maximum atomic E-state index is 12.4. The summed E-state index contributed by atoms with van der Waals surface area (Å²) in [6.45, 7) is 6.54. The first-order valence-electron chi connectivity index (χ1n) is 6.81. The molecule has 0 bridgehead atoms. The summed E-state index contributed by atoms with van der Waals surface area (Å²) < 4.78 is 0. The fraction of sp³-hybridized carbons (Fsp3) is 0.467. The molecule has 1 aromatic rings. The summed E-state index contributed by atoms with van der Waals surface area (Å²) in [5, 5.41) is -0.0968. The Kier molecular flexibility index (Phi) is 5.06. The van der Waals surface area contributed by atoms with Gasteiger partial charge in [0.2, 0.25) is 12.3 Å². The summed E-state index contributed by atoms with van der Waals surface area (Å²) in [4.78, 5) is 27.7. The summed E-state index contributed by atoms with van der Waals surface area (Å²) >= 11 is 1.59. The van der Waals surface area contributed by atoms with Crippen molar-refractivity contribution < 1.29 is 9.59 Å². The molecule has 2 amide bonds. The van der Waals surface area contributed by atoms with Crippen molar-refractivity contribution in [2.45, 2.75) is 24.0 Å². The Labute approximate surface area is 124 Å². The standard InChI is InChI=1S/C15H20N2O2S/c1-12-3-5-14(6-4-12)20-13(2)15(19)17-9-7-16(11-18)8-10-17/h3-6,11,13H,7-10H2,1-2H3/t13-/m0/s1. The minimum Gasteiger partial charge on any atom is -0.342 e. The lowest BCUT2D eigenvalue weighted by molar-refractivity contribution is -0.134. The second-order valence-electron chi connectivity index (χ2n) is 5.04. The third-order valence-corrected chi connectivity index (χ3v) is 4.56. The third kappa shape index (κ3) is 3.76. The molecule has 2 rings (SSSR count). The molecule has 1 aliphatic heterocycles.